The first-order valence-corrected chi connectivity index (χ1v) is 6.69. The number of aryl methyl sites for hydroxylation is 1. The Balaban J connectivity index is 2.27. The minimum atomic E-state index is -0.893. The van der Waals surface area contributed by atoms with Gasteiger partial charge in [-0.2, -0.15) is 5.10 Å². The zero-order valence-electron chi connectivity index (χ0n) is 12.6. The third kappa shape index (κ3) is 2.74. The van der Waals surface area contributed by atoms with Crippen LogP contribution in [0.5, 0.6) is 0 Å². The van der Waals surface area contributed by atoms with Crippen molar-refractivity contribution >= 4 is 13.1 Å². The second kappa shape index (κ2) is 4.89. The van der Waals surface area contributed by atoms with Gasteiger partial charge in [0.05, 0.1) is 23.3 Å². The zero-order valence-corrected chi connectivity index (χ0v) is 12.6. The number of hydrogen-bond acceptors (Lipinski definition) is 4. The Hall–Kier alpha value is -1.34. The van der Waals surface area contributed by atoms with Crippen LogP contribution in [0.15, 0.2) is 12.3 Å². The van der Waals surface area contributed by atoms with E-state index in [9.17, 15) is 4.79 Å². The Morgan fingerprint density at radius 2 is 1.95 bits per heavy atom. The van der Waals surface area contributed by atoms with Crippen molar-refractivity contribution in [2.45, 2.75) is 51.1 Å². The van der Waals surface area contributed by atoms with E-state index in [-0.39, 0.29) is 6.42 Å². The SMILES string of the molecule is Cn1ccc(C(CC(=O)O)B2OC(C)(C)C(C)(C)O2)n1. The lowest BCUT2D eigenvalue weighted by Gasteiger charge is -2.32. The summed E-state index contributed by atoms with van der Waals surface area (Å²) in [5.74, 6) is -1.31. The van der Waals surface area contributed by atoms with E-state index in [1.165, 1.54) is 0 Å². The molecule has 1 aliphatic rings. The number of aliphatic carboxylic acids is 1. The van der Waals surface area contributed by atoms with Crippen LogP contribution < -0.4 is 0 Å². The van der Waals surface area contributed by atoms with E-state index < -0.39 is 30.1 Å². The van der Waals surface area contributed by atoms with Gasteiger partial charge in [0.15, 0.2) is 0 Å². The summed E-state index contributed by atoms with van der Waals surface area (Å²) in [4.78, 5) is 11.1. The molecule has 1 aromatic rings. The van der Waals surface area contributed by atoms with E-state index in [1.54, 1.807) is 24.0 Å². The fourth-order valence-electron chi connectivity index (χ4n) is 2.21. The van der Waals surface area contributed by atoms with Crippen molar-refractivity contribution in [3.05, 3.63) is 18.0 Å². The first kappa shape index (κ1) is 15.1. The Labute approximate surface area is 119 Å². The van der Waals surface area contributed by atoms with Gasteiger partial charge in [-0.1, -0.05) is 0 Å². The van der Waals surface area contributed by atoms with E-state index in [0.717, 1.165) is 0 Å². The predicted molar refractivity (Wildman–Crippen MR) is 74.3 cm³/mol. The third-order valence-electron chi connectivity index (χ3n) is 4.11. The van der Waals surface area contributed by atoms with Gasteiger partial charge in [-0.3, -0.25) is 9.48 Å². The van der Waals surface area contributed by atoms with Gasteiger partial charge in [0.25, 0.3) is 0 Å². The average molecular weight is 280 g/mol. The molecule has 110 valence electrons. The standard InChI is InChI=1S/C13H21BN2O4/c1-12(2)13(3,4)20-14(19-12)9(8-11(17)18)10-6-7-16(5)15-10/h6-7,9H,8H2,1-5H3,(H,17,18). The maximum absolute atomic E-state index is 11.1. The highest BCUT2D eigenvalue weighted by molar-refractivity contribution is 6.48. The van der Waals surface area contributed by atoms with E-state index >= 15 is 0 Å². The van der Waals surface area contributed by atoms with Crippen LogP contribution in [0.1, 0.15) is 45.6 Å². The maximum atomic E-state index is 11.1. The Kier molecular flexibility index (Phi) is 3.68. The minimum absolute atomic E-state index is 0.0756. The molecule has 1 unspecified atom stereocenters. The van der Waals surface area contributed by atoms with Crippen LogP contribution in [0, 0.1) is 0 Å². The lowest BCUT2D eigenvalue weighted by atomic mass is 9.68. The van der Waals surface area contributed by atoms with Crippen LogP contribution in [0.3, 0.4) is 0 Å². The second-order valence-electron chi connectivity index (χ2n) is 6.24. The Morgan fingerprint density at radius 3 is 2.35 bits per heavy atom. The largest absolute Gasteiger partial charge is 0.481 e. The molecule has 1 saturated heterocycles. The molecule has 0 spiro atoms. The summed E-state index contributed by atoms with van der Waals surface area (Å²) in [6, 6.07) is 1.80. The van der Waals surface area contributed by atoms with Crippen LogP contribution in [-0.4, -0.2) is 39.2 Å². The fourth-order valence-corrected chi connectivity index (χ4v) is 2.21. The summed E-state index contributed by atoms with van der Waals surface area (Å²) >= 11 is 0. The van der Waals surface area contributed by atoms with Crippen LogP contribution in [-0.2, 0) is 21.2 Å². The van der Waals surface area contributed by atoms with Crippen molar-refractivity contribution in [3.8, 4) is 0 Å². The molecule has 1 N–H and O–H groups in total. The number of carboxylic acids is 1. The monoisotopic (exact) mass is 280 g/mol. The molecule has 1 atom stereocenters. The first-order chi connectivity index (χ1) is 9.12. The molecule has 7 heteroatoms. The van der Waals surface area contributed by atoms with Gasteiger partial charge in [-0.25, -0.2) is 0 Å². The number of nitrogens with zero attached hydrogens (tertiary/aromatic N) is 2. The fraction of sp³-hybridized carbons (Fsp3) is 0.692. The topological polar surface area (TPSA) is 73.6 Å². The Bertz CT molecular complexity index is 496. The number of rotatable bonds is 4. The summed E-state index contributed by atoms with van der Waals surface area (Å²) in [7, 11) is 1.19. The molecule has 1 aromatic heterocycles. The van der Waals surface area contributed by atoms with Crippen molar-refractivity contribution in [3.63, 3.8) is 0 Å². The van der Waals surface area contributed by atoms with Crippen molar-refractivity contribution in [1.82, 2.24) is 9.78 Å². The molecular weight excluding hydrogens is 259 g/mol. The van der Waals surface area contributed by atoms with Crippen molar-refractivity contribution in [2.24, 2.45) is 7.05 Å². The van der Waals surface area contributed by atoms with Crippen LogP contribution in [0.25, 0.3) is 0 Å². The summed E-state index contributed by atoms with van der Waals surface area (Å²) in [5.41, 5.74) is -0.291. The van der Waals surface area contributed by atoms with Crippen molar-refractivity contribution < 1.29 is 19.2 Å². The predicted octanol–water partition coefficient (Wildman–Crippen LogP) is 1.61. The highest BCUT2D eigenvalue weighted by atomic mass is 16.7. The van der Waals surface area contributed by atoms with Crippen LogP contribution in [0.2, 0.25) is 0 Å². The molecule has 0 amide bonds. The summed E-state index contributed by atoms with van der Waals surface area (Å²) in [6.07, 6.45) is 1.71. The number of carboxylic acid groups (broad SMARTS) is 1. The van der Waals surface area contributed by atoms with Gasteiger partial charge in [-0.05, 0) is 33.8 Å². The highest BCUT2D eigenvalue weighted by Crippen LogP contribution is 2.41. The highest BCUT2D eigenvalue weighted by Gasteiger charge is 2.54. The molecule has 1 aliphatic heterocycles. The van der Waals surface area contributed by atoms with Crippen molar-refractivity contribution in [2.75, 3.05) is 0 Å². The van der Waals surface area contributed by atoms with Crippen LogP contribution >= 0.6 is 0 Å². The van der Waals surface area contributed by atoms with Crippen LogP contribution in [0.4, 0.5) is 0 Å². The molecule has 2 heterocycles. The quantitative estimate of drug-likeness (QED) is 0.848. The number of hydrogen-bond donors (Lipinski definition) is 1. The summed E-state index contributed by atoms with van der Waals surface area (Å²) in [6.45, 7) is 7.79. The van der Waals surface area contributed by atoms with Gasteiger partial charge in [-0.15, -0.1) is 0 Å². The molecular formula is C13H21BN2O4. The van der Waals surface area contributed by atoms with Gasteiger partial charge in [0.2, 0.25) is 0 Å². The first-order valence-electron chi connectivity index (χ1n) is 6.69. The molecule has 6 nitrogen and oxygen atoms in total. The van der Waals surface area contributed by atoms with E-state index in [2.05, 4.69) is 5.10 Å². The smallest absolute Gasteiger partial charge is 0.468 e. The Morgan fingerprint density at radius 1 is 1.40 bits per heavy atom. The number of carbonyl (C=O) groups is 1. The molecule has 0 aromatic carbocycles. The molecule has 0 aliphatic carbocycles. The average Bonchev–Trinajstić information content (AvgIpc) is 2.78. The summed E-state index contributed by atoms with van der Waals surface area (Å²) in [5, 5.41) is 13.4. The summed E-state index contributed by atoms with van der Waals surface area (Å²) < 4.78 is 13.6. The van der Waals surface area contributed by atoms with Gasteiger partial charge < -0.3 is 14.4 Å². The van der Waals surface area contributed by atoms with E-state index in [0.29, 0.717) is 5.69 Å². The molecule has 0 radical (unpaired) electrons. The minimum Gasteiger partial charge on any atom is -0.481 e. The maximum Gasteiger partial charge on any atom is 0.468 e. The molecule has 1 fully saturated rings. The van der Waals surface area contributed by atoms with Crippen molar-refractivity contribution in [1.29, 1.82) is 0 Å². The van der Waals surface area contributed by atoms with E-state index in [4.69, 9.17) is 14.4 Å². The lowest BCUT2D eigenvalue weighted by molar-refractivity contribution is -0.137. The molecule has 0 bridgehead atoms. The molecule has 0 saturated carbocycles. The zero-order chi connectivity index (χ0) is 15.1. The second-order valence-corrected chi connectivity index (χ2v) is 6.24. The van der Waals surface area contributed by atoms with Gasteiger partial charge >= 0.3 is 13.1 Å². The third-order valence-corrected chi connectivity index (χ3v) is 4.11. The molecule has 20 heavy (non-hydrogen) atoms. The normalized spacial score (nSPS) is 21.9. The van der Waals surface area contributed by atoms with E-state index in [1.807, 2.05) is 27.7 Å². The van der Waals surface area contributed by atoms with Gasteiger partial charge in [0.1, 0.15) is 0 Å². The van der Waals surface area contributed by atoms with Gasteiger partial charge in [0, 0.05) is 19.1 Å². The molecule has 2 rings (SSSR count). The lowest BCUT2D eigenvalue weighted by Crippen LogP contribution is -2.41. The number of aromatic nitrogens is 2.